The van der Waals surface area contributed by atoms with Crippen LogP contribution in [0.4, 0.5) is 0 Å². The molecule has 0 spiro atoms. The predicted octanol–water partition coefficient (Wildman–Crippen LogP) is 3.84. The highest BCUT2D eigenvalue weighted by molar-refractivity contribution is 9.10. The molecule has 3 nitrogen and oxygen atoms in total. The van der Waals surface area contributed by atoms with Crippen molar-refractivity contribution >= 4 is 15.9 Å². The number of aromatic nitrogens is 2. The number of halogens is 1. The highest BCUT2D eigenvalue weighted by Gasteiger charge is 2.27. The van der Waals surface area contributed by atoms with Gasteiger partial charge in [0.15, 0.2) is 0 Å². The van der Waals surface area contributed by atoms with Crippen molar-refractivity contribution in [3.8, 4) is 0 Å². The molecule has 114 valence electrons. The van der Waals surface area contributed by atoms with Crippen LogP contribution in [-0.2, 0) is 13.5 Å². The molecule has 0 radical (unpaired) electrons. The third-order valence-electron chi connectivity index (χ3n) is 4.62. The average Bonchev–Trinajstić information content (AvgIpc) is 3.02. The summed E-state index contributed by atoms with van der Waals surface area (Å²) in [5.74, 6) is 1.64. The van der Waals surface area contributed by atoms with Gasteiger partial charge in [-0.2, -0.15) is 5.10 Å². The second kappa shape index (κ2) is 7.60. The zero-order chi connectivity index (χ0) is 14.5. The topological polar surface area (TPSA) is 29.9 Å². The van der Waals surface area contributed by atoms with Crippen molar-refractivity contribution < 1.29 is 0 Å². The first-order chi connectivity index (χ1) is 9.63. The van der Waals surface area contributed by atoms with Crippen LogP contribution in [0.25, 0.3) is 0 Å². The molecule has 1 aromatic rings. The van der Waals surface area contributed by atoms with E-state index in [-0.39, 0.29) is 0 Å². The van der Waals surface area contributed by atoms with E-state index >= 15 is 0 Å². The molecule has 1 atom stereocenters. The molecule has 20 heavy (non-hydrogen) atoms. The van der Waals surface area contributed by atoms with Gasteiger partial charge < -0.3 is 5.32 Å². The Balaban J connectivity index is 2.05. The fourth-order valence-electron chi connectivity index (χ4n) is 3.45. The normalized spacial score (nSPS) is 17.8. The Morgan fingerprint density at radius 1 is 1.40 bits per heavy atom. The van der Waals surface area contributed by atoms with Crippen molar-refractivity contribution in [1.29, 1.82) is 0 Å². The van der Waals surface area contributed by atoms with Gasteiger partial charge >= 0.3 is 0 Å². The van der Waals surface area contributed by atoms with Gasteiger partial charge in [0.05, 0.1) is 15.9 Å². The van der Waals surface area contributed by atoms with E-state index in [0.29, 0.717) is 0 Å². The molecular formula is C16H28BrN3. The lowest BCUT2D eigenvalue weighted by atomic mass is 9.87. The van der Waals surface area contributed by atoms with Gasteiger partial charge in [0.1, 0.15) is 0 Å². The van der Waals surface area contributed by atoms with Crippen molar-refractivity contribution in [3.63, 3.8) is 0 Å². The quantitative estimate of drug-likeness (QED) is 0.763. The molecule has 1 fully saturated rings. The zero-order valence-electron chi connectivity index (χ0n) is 13.1. The molecule has 1 saturated carbocycles. The molecule has 1 N–H and O–H groups in total. The summed E-state index contributed by atoms with van der Waals surface area (Å²) in [5.41, 5.74) is 2.46. The number of aryl methyl sites for hydroxylation is 2. The lowest BCUT2D eigenvalue weighted by molar-refractivity contribution is 0.315. The van der Waals surface area contributed by atoms with Gasteiger partial charge in [0, 0.05) is 7.05 Å². The second-order valence-electron chi connectivity index (χ2n) is 6.18. The van der Waals surface area contributed by atoms with E-state index in [1.165, 1.54) is 42.3 Å². The Kier molecular flexibility index (Phi) is 6.09. The SMILES string of the molecule is CCCNCC(Cc1c(Br)c(C)nn1C)C1CCCC1. The van der Waals surface area contributed by atoms with E-state index in [1.54, 1.807) is 0 Å². The van der Waals surface area contributed by atoms with Crippen LogP contribution in [0.2, 0.25) is 0 Å². The van der Waals surface area contributed by atoms with E-state index in [1.807, 2.05) is 0 Å². The lowest BCUT2D eigenvalue weighted by Crippen LogP contribution is -2.30. The smallest absolute Gasteiger partial charge is 0.0738 e. The zero-order valence-corrected chi connectivity index (χ0v) is 14.7. The van der Waals surface area contributed by atoms with Gasteiger partial charge in [-0.05, 0) is 60.6 Å². The Labute approximate surface area is 131 Å². The van der Waals surface area contributed by atoms with Crippen LogP contribution in [0.5, 0.6) is 0 Å². The first-order valence-electron chi connectivity index (χ1n) is 8.02. The fraction of sp³-hybridized carbons (Fsp3) is 0.812. The van der Waals surface area contributed by atoms with E-state index in [2.05, 4.69) is 51.9 Å². The first kappa shape index (κ1) is 16.0. The minimum absolute atomic E-state index is 0.746. The largest absolute Gasteiger partial charge is 0.316 e. The lowest BCUT2D eigenvalue weighted by Gasteiger charge is -2.24. The van der Waals surface area contributed by atoms with Crippen LogP contribution in [0.3, 0.4) is 0 Å². The van der Waals surface area contributed by atoms with Crippen LogP contribution < -0.4 is 5.32 Å². The number of rotatable bonds is 7. The monoisotopic (exact) mass is 341 g/mol. The fourth-order valence-corrected chi connectivity index (χ4v) is 3.95. The van der Waals surface area contributed by atoms with Gasteiger partial charge in [0.2, 0.25) is 0 Å². The van der Waals surface area contributed by atoms with E-state index in [9.17, 15) is 0 Å². The van der Waals surface area contributed by atoms with Crippen molar-refractivity contribution in [2.45, 2.75) is 52.4 Å². The summed E-state index contributed by atoms with van der Waals surface area (Å²) >= 11 is 3.72. The van der Waals surface area contributed by atoms with Crippen LogP contribution >= 0.6 is 15.9 Å². The summed E-state index contributed by atoms with van der Waals surface area (Å²) in [6.07, 6.45) is 8.01. The van der Waals surface area contributed by atoms with Gasteiger partial charge in [-0.25, -0.2) is 0 Å². The summed E-state index contributed by atoms with van der Waals surface area (Å²) in [6, 6.07) is 0. The van der Waals surface area contributed by atoms with Gasteiger partial charge in [-0.15, -0.1) is 0 Å². The number of hydrogen-bond donors (Lipinski definition) is 1. The van der Waals surface area contributed by atoms with Crippen LogP contribution in [0.1, 0.15) is 50.4 Å². The number of nitrogens with one attached hydrogen (secondary N) is 1. The van der Waals surface area contributed by atoms with E-state index in [0.717, 1.165) is 37.0 Å². The molecule has 2 rings (SSSR count). The third kappa shape index (κ3) is 3.85. The second-order valence-corrected chi connectivity index (χ2v) is 6.98. The molecule has 1 aliphatic carbocycles. The highest BCUT2D eigenvalue weighted by atomic mass is 79.9. The maximum atomic E-state index is 4.54. The standard InChI is InChI=1S/C16H28BrN3/c1-4-9-18-11-14(13-7-5-6-8-13)10-15-16(17)12(2)19-20(15)3/h13-14,18H,4-11H2,1-3H3. The highest BCUT2D eigenvalue weighted by Crippen LogP contribution is 2.34. The van der Waals surface area contributed by atoms with Gasteiger partial charge in [0.25, 0.3) is 0 Å². The minimum atomic E-state index is 0.746. The van der Waals surface area contributed by atoms with E-state index in [4.69, 9.17) is 0 Å². The number of nitrogens with zero attached hydrogens (tertiary/aromatic N) is 2. The van der Waals surface area contributed by atoms with Crippen LogP contribution in [0, 0.1) is 18.8 Å². The maximum Gasteiger partial charge on any atom is 0.0738 e. The summed E-state index contributed by atoms with van der Waals surface area (Å²) < 4.78 is 3.26. The maximum absolute atomic E-state index is 4.54. The molecule has 0 aliphatic heterocycles. The van der Waals surface area contributed by atoms with Crippen LogP contribution in [-0.4, -0.2) is 22.9 Å². The van der Waals surface area contributed by atoms with Crippen molar-refractivity contribution in [1.82, 2.24) is 15.1 Å². The molecule has 1 aliphatic rings. The van der Waals surface area contributed by atoms with Crippen molar-refractivity contribution in [3.05, 3.63) is 15.9 Å². The Hall–Kier alpha value is -0.350. The molecule has 4 heteroatoms. The molecule has 0 bridgehead atoms. The van der Waals surface area contributed by atoms with Crippen molar-refractivity contribution in [2.75, 3.05) is 13.1 Å². The van der Waals surface area contributed by atoms with Gasteiger partial charge in [-0.1, -0.05) is 32.6 Å². The van der Waals surface area contributed by atoms with Crippen LogP contribution in [0.15, 0.2) is 4.47 Å². The Morgan fingerprint density at radius 3 is 2.65 bits per heavy atom. The summed E-state index contributed by atoms with van der Waals surface area (Å²) in [7, 11) is 2.07. The Morgan fingerprint density at radius 2 is 2.10 bits per heavy atom. The van der Waals surface area contributed by atoms with E-state index < -0.39 is 0 Å². The predicted molar refractivity (Wildman–Crippen MR) is 88.0 cm³/mol. The molecule has 0 amide bonds. The molecule has 0 aromatic carbocycles. The van der Waals surface area contributed by atoms with Crippen molar-refractivity contribution in [2.24, 2.45) is 18.9 Å². The molecule has 1 heterocycles. The minimum Gasteiger partial charge on any atom is -0.316 e. The molecule has 1 unspecified atom stereocenters. The summed E-state index contributed by atoms with van der Waals surface area (Å²) in [4.78, 5) is 0. The first-order valence-corrected chi connectivity index (χ1v) is 8.81. The van der Waals surface area contributed by atoms with Gasteiger partial charge in [-0.3, -0.25) is 4.68 Å². The average molecular weight is 342 g/mol. The third-order valence-corrected chi connectivity index (χ3v) is 5.65. The number of hydrogen-bond acceptors (Lipinski definition) is 2. The Bertz CT molecular complexity index is 422. The molecule has 0 saturated heterocycles. The molecule has 1 aromatic heterocycles. The summed E-state index contributed by atoms with van der Waals surface area (Å²) in [6.45, 7) is 6.59. The summed E-state index contributed by atoms with van der Waals surface area (Å²) in [5, 5.41) is 8.17. The molecular weight excluding hydrogens is 314 g/mol.